The van der Waals surface area contributed by atoms with Crippen LogP contribution >= 0.6 is 11.6 Å². The first-order valence-corrected chi connectivity index (χ1v) is 6.58. The molecule has 1 aromatic carbocycles. The standard InChI is InChI=1S/C13H15ClN4/c14-10-3-4-12-9(6-10)7-16-13(18-12)17-11-2-1-5-15-8-11/h3-4,6-7,11,15H,1-2,5,8H2,(H,16,17,18). The molecule has 94 valence electrons. The van der Waals surface area contributed by atoms with Gasteiger partial charge in [0, 0.05) is 29.2 Å². The molecule has 1 saturated heterocycles. The summed E-state index contributed by atoms with van der Waals surface area (Å²) >= 11 is 5.93. The minimum Gasteiger partial charge on any atom is -0.350 e. The van der Waals surface area contributed by atoms with Crippen LogP contribution in [0.15, 0.2) is 24.4 Å². The van der Waals surface area contributed by atoms with Gasteiger partial charge in [0.15, 0.2) is 0 Å². The largest absolute Gasteiger partial charge is 0.350 e. The monoisotopic (exact) mass is 262 g/mol. The van der Waals surface area contributed by atoms with Crippen molar-refractivity contribution < 1.29 is 0 Å². The van der Waals surface area contributed by atoms with Crippen molar-refractivity contribution in [3.8, 4) is 0 Å². The summed E-state index contributed by atoms with van der Waals surface area (Å²) < 4.78 is 0. The maximum Gasteiger partial charge on any atom is 0.223 e. The summed E-state index contributed by atoms with van der Waals surface area (Å²) in [6, 6.07) is 6.07. The Bertz CT molecular complexity index is 552. The van der Waals surface area contributed by atoms with Gasteiger partial charge in [-0.15, -0.1) is 0 Å². The van der Waals surface area contributed by atoms with E-state index >= 15 is 0 Å². The Labute approximate surface area is 111 Å². The molecule has 2 aromatic rings. The van der Waals surface area contributed by atoms with E-state index in [9.17, 15) is 0 Å². The molecule has 0 amide bonds. The van der Waals surface area contributed by atoms with Crippen LogP contribution in [0.2, 0.25) is 5.02 Å². The fraction of sp³-hybridized carbons (Fsp3) is 0.385. The molecule has 1 fully saturated rings. The van der Waals surface area contributed by atoms with Crippen LogP contribution in [-0.4, -0.2) is 29.1 Å². The van der Waals surface area contributed by atoms with Crippen LogP contribution in [0, 0.1) is 0 Å². The highest BCUT2D eigenvalue weighted by Crippen LogP contribution is 2.18. The molecule has 2 N–H and O–H groups in total. The zero-order valence-corrected chi connectivity index (χ0v) is 10.7. The van der Waals surface area contributed by atoms with Gasteiger partial charge in [-0.05, 0) is 37.6 Å². The van der Waals surface area contributed by atoms with E-state index in [0.717, 1.165) is 30.4 Å². The van der Waals surface area contributed by atoms with Crippen LogP contribution in [-0.2, 0) is 0 Å². The molecule has 0 saturated carbocycles. The lowest BCUT2D eigenvalue weighted by molar-refractivity contribution is 0.478. The number of halogens is 1. The number of hydrogen-bond donors (Lipinski definition) is 2. The van der Waals surface area contributed by atoms with Gasteiger partial charge < -0.3 is 10.6 Å². The third-order valence-corrected chi connectivity index (χ3v) is 3.41. The zero-order valence-electron chi connectivity index (χ0n) is 9.99. The Morgan fingerprint density at radius 3 is 3.17 bits per heavy atom. The summed E-state index contributed by atoms with van der Waals surface area (Å²) in [5.74, 6) is 0.693. The molecule has 1 atom stereocenters. The predicted octanol–water partition coefficient (Wildman–Crippen LogP) is 2.45. The Balaban J connectivity index is 1.82. The van der Waals surface area contributed by atoms with E-state index in [-0.39, 0.29) is 0 Å². The highest BCUT2D eigenvalue weighted by molar-refractivity contribution is 6.31. The van der Waals surface area contributed by atoms with Crippen LogP contribution in [0.1, 0.15) is 12.8 Å². The Hall–Kier alpha value is -1.39. The zero-order chi connectivity index (χ0) is 12.4. The second kappa shape index (κ2) is 5.08. The first-order chi connectivity index (χ1) is 8.81. The number of hydrogen-bond acceptors (Lipinski definition) is 4. The molecule has 5 heteroatoms. The van der Waals surface area contributed by atoms with Gasteiger partial charge in [0.2, 0.25) is 5.95 Å². The van der Waals surface area contributed by atoms with Crippen molar-refractivity contribution in [3.63, 3.8) is 0 Å². The minimum absolute atomic E-state index is 0.420. The Morgan fingerprint density at radius 2 is 2.33 bits per heavy atom. The van der Waals surface area contributed by atoms with Gasteiger partial charge in [-0.3, -0.25) is 0 Å². The number of nitrogens with one attached hydrogen (secondary N) is 2. The average Bonchev–Trinajstić information content (AvgIpc) is 2.40. The molecule has 0 aliphatic carbocycles. The average molecular weight is 263 g/mol. The topological polar surface area (TPSA) is 49.8 Å². The van der Waals surface area contributed by atoms with E-state index in [1.54, 1.807) is 0 Å². The second-order valence-electron chi connectivity index (χ2n) is 4.58. The van der Waals surface area contributed by atoms with Crippen LogP contribution in [0.25, 0.3) is 10.9 Å². The summed E-state index contributed by atoms with van der Waals surface area (Å²) in [5, 5.41) is 8.41. The van der Waals surface area contributed by atoms with Gasteiger partial charge >= 0.3 is 0 Å². The van der Waals surface area contributed by atoms with Gasteiger partial charge in [-0.1, -0.05) is 11.6 Å². The number of aromatic nitrogens is 2. The number of rotatable bonds is 2. The lowest BCUT2D eigenvalue weighted by Gasteiger charge is -2.23. The van der Waals surface area contributed by atoms with E-state index in [1.165, 1.54) is 6.42 Å². The third-order valence-electron chi connectivity index (χ3n) is 3.17. The van der Waals surface area contributed by atoms with Crippen molar-refractivity contribution in [2.45, 2.75) is 18.9 Å². The molecule has 1 aromatic heterocycles. The highest BCUT2D eigenvalue weighted by Gasteiger charge is 2.13. The van der Waals surface area contributed by atoms with E-state index in [1.807, 2.05) is 24.4 Å². The molecule has 1 unspecified atom stereocenters. The lowest BCUT2D eigenvalue weighted by atomic mass is 10.1. The minimum atomic E-state index is 0.420. The lowest BCUT2D eigenvalue weighted by Crippen LogP contribution is -2.38. The van der Waals surface area contributed by atoms with E-state index in [2.05, 4.69) is 20.6 Å². The summed E-state index contributed by atoms with van der Waals surface area (Å²) in [6.07, 6.45) is 4.17. The maximum absolute atomic E-state index is 5.93. The molecule has 4 nitrogen and oxygen atoms in total. The number of nitrogens with zero attached hydrogens (tertiary/aromatic N) is 2. The van der Waals surface area contributed by atoms with Gasteiger partial charge in [-0.2, -0.15) is 0 Å². The SMILES string of the molecule is Clc1ccc2nc(NC3CCCNC3)ncc2c1. The first-order valence-electron chi connectivity index (χ1n) is 6.21. The fourth-order valence-corrected chi connectivity index (χ4v) is 2.41. The molecule has 0 bridgehead atoms. The molecule has 0 radical (unpaired) electrons. The van der Waals surface area contributed by atoms with Crippen LogP contribution in [0.5, 0.6) is 0 Å². The third kappa shape index (κ3) is 2.54. The predicted molar refractivity (Wildman–Crippen MR) is 74.1 cm³/mol. The van der Waals surface area contributed by atoms with Gasteiger partial charge in [0.25, 0.3) is 0 Å². The second-order valence-corrected chi connectivity index (χ2v) is 5.02. The molecular weight excluding hydrogens is 248 g/mol. The summed E-state index contributed by atoms with van der Waals surface area (Å²) in [6.45, 7) is 2.08. The fourth-order valence-electron chi connectivity index (χ4n) is 2.23. The van der Waals surface area contributed by atoms with Crippen molar-refractivity contribution in [2.24, 2.45) is 0 Å². The van der Waals surface area contributed by atoms with Gasteiger partial charge in [0.05, 0.1) is 5.52 Å². The number of anilines is 1. The summed E-state index contributed by atoms with van der Waals surface area (Å²) in [5.41, 5.74) is 0.917. The van der Waals surface area contributed by atoms with Crippen molar-refractivity contribution >= 4 is 28.5 Å². The van der Waals surface area contributed by atoms with Crippen LogP contribution < -0.4 is 10.6 Å². The smallest absolute Gasteiger partial charge is 0.223 e. The van der Waals surface area contributed by atoms with Gasteiger partial charge in [-0.25, -0.2) is 9.97 Å². The Kier molecular flexibility index (Phi) is 3.30. The van der Waals surface area contributed by atoms with Gasteiger partial charge in [0.1, 0.15) is 0 Å². The maximum atomic E-state index is 5.93. The first kappa shape index (κ1) is 11.7. The number of fused-ring (bicyclic) bond motifs is 1. The van der Waals surface area contributed by atoms with Crippen molar-refractivity contribution in [1.82, 2.24) is 15.3 Å². The molecule has 3 rings (SSSR count). The Morgan fingerprint density at radius 1 is 1.39 bits per heavy atom. The number of benzene rings is 1. The highest BCUT2D eigenvalue weighted by atomic mass is 35.5. The van der Waals surface area contributed by atoms with E-state index in [4.69, 9.17) is 11.6 Å². The molecule has 1 aliphatic heterocycles. The summed E-state index contributed by atoms with van der Waals surface area (Å²) in [7, 11) is 0. The molecule has 1 aliphatic rings. The normalized spacial score (nSPS) is 19.9. The van der Waals surface area contributed by atoms with Crippen LogP contribution in [0.3, 0.4) is 0 Å². The van der Waals surface area contributed by atoms with Crippen molar-refractivity contribution in [1.29, 1.82) is 0 Å². The van der Waals surface area contributed by atoms with E-state index < -0.39 is 0 Å². The molecule has 2 heterocycles. The number of piperidine rings is 1. The quantitative estimate of drug-likeness (QED) is 0.873. The molecule has 18 heavy (non-hydrogen) atoms. The van der Waals surface area contributed by atoms with Crippen molar-refractivity contribution in [3.05, 3.63) is 29.4 Å². The van der Waals surface area contributed by atoms with E-state index in [0.29, 0.717) is 17.0 Å². The van der Waals surface area contributed by atoms with Crippen LogP contribution in [0.4, 0.5) is 5.95 Å². The molecular formula is C13H15ClN4. The molecule has 0 spiro atoms. The summed E-state index contributed by atoms with van der Waals surface area (Å²) in [4.78, 5) is 8.84. The van der Waals surface area contributed by atoms with Crippen molar-refractivity contribution in [2.75, 3.05) is 18.4 Å².